The number of nitrogens with one attached hydrogen (secondary N) is 2. The summed E-state index contributed by atoms with van der Waals surface area (Å²) >= 11 is 0. The molecule has 80 valence electrons. The number of amides is 2. The van der Waals surface area contributed by atoms with Crippen LogP contribution in [0.15, 0.2) is 0 Å². The maximum Gasteiger partial charge on any atom is 0.315 e. The Kier molecular flexibility index (Phi) is 3.49. The molecule has 0 unspecified atom stereocenters. The Morgan fingerprint density at radius 2 is 2.07 bits per heavy atom. The topological polar surface area (TPSA) is 58.2 Å². The number of aldehydes is 1. The van der Waals surface area contributed by atoms with E-state index in [4.69, 9.17) is 0 Å². The summed E-state index contributed by atoms with van der Waals surface area (Å²) < 4.78 is 0. The van der Waals surface area contributed by atoms with Crippen LogP contribution in [0.1, 0.15) is 25.7 Å². The zero-order chi connectivity index (χ0) is 10.6. The average Bonchev–Trinajstić information content (AvgIpc) is 2.22. The number of rotatable bonds is 2. The summed E-state index contributed by atoms with van der Waals surface area (Å²) in [6.45, 7) is 3.95. The summed E-state index contributed by atoms with van der Waals surface area (Å²) in [6.07, 6.45) is 4.02. The smallest absolute Gasteiger partial charge is 0.315 e. The van der Waals surface area contributed by atoms with Gasteiger partial charge in [0.05, 0.1) is 5.54 Å². The van der Waals surface area contributed by atoms with Gasteiger partial charge in [0.2, 0.25) is 0 Å². The van der Waals surface area contributed by atoms with Crippen LogP contribution >= 0.6 is 0 Å². The Morgan fingerprint density at radius 1 is 1.50 bits per heavy atom. The second-order valence-corrected chi connectivity index (χ2v) is 3.92. The van der Waals surface area contributed by atoms with Crippen LogP contribution in [0, 0.1) is 12.8 Å². The molecule has 14 heavy (non-hydrogen) atoms. The van der Waals surface area contributed by atoms with Crippen molar-refractivity contribution in [2.45, 2.75) is 31.2 Å². The van der Waals surface area contributed by atoms with Gasteiger partial charge in [-0.1, -0.05) is 12.8 Å². The first-order valence-electron chi connectivity index (χ1n) is 4.91. The summed E-state index contributed by atoms with van der Waals surface area (Å²) in [6, 6.07) is -0.292. The van der Waals surface area contributed by atoms with Gasteiger partial charge in [-0.2, -0.15) is 5.92 Å². The van der Waals surface area contributed by atoms with Crippen LogP contribution in [0.5, 0.6) is 0 Å². The molecule has 1 fully saturated rings. The van der Waals surface area contributed by atoms with Gasteiger partial charge < -0.3 is 22.4 Å². The highest BCUT2D eigenvalue weighted by Gasteiger charge is 2.33. The van der Waals surface area contributed by atoms with E-state index >= 15 is 0 Å². The van der Waals surface area contributed by atoms with Crippen molar-refractivity contribution in [3.05, 3.63) is 6.92 Å². The van der Waals surface area contributed by atoms with Crippen molar-refractivity contribution in [3.63, 3.8) is 0 Å². The van der Waals surface area contributed by atoms with E-state index in [1.807, 2.05) is 0 Å². The minimum atomic E-state index is -0.658. The van der Waals surface area contributed by atoms with Crippen molar-refractivity contribution in [1.82, 2.24) is 10.6 Å². The molecule has 0 aromatic carbocycles. The Balaban J connectivity index is 2.58. The summed E-state index contributed by atoms with van der Waals surface area (Å²) in [5.41, 5.74) is -0.658. The molecule has 0 heterocycles. The highest BCUT2D eigenvalue weighted by molar-refractivity contribution is 5.80. The molecule has 2 amide bonds. The third kappa shape index (κ3) is 2.47. The molecule has 0 atom stereocenters. The number of hydrogen-bond acceptors (Lipinski definition) is 2. The fraction of sp³-hybridized carbons (Fsp3) is 0.700. The Hall–Kier alpha value is -1.06. The van der Waals surface area contributed by atoms with Crippen molar-refractivity contribution >= 4 is 12.3 Å². The van der Waals surface area contributed by atoms with E-state index in [9.17, 15) is 9.59 Å². The van der Waals surface area contributed by atoms with Crippen molar-refractivity contribution < 1.29 is 9.59 Å². The van der Waals surface area contributed by atoms with Crippen LogP contribution in [0.2, 0.25) is 0 Å². The monoisotopic (exact) mass is 197 g/mol. The second kappa shape index (κ2) is 4.44. The van der Waals surface area contributed by atoms with Crippen molar-refractivity contribution in [2.24, 2.45) is 5.92 Å². The molecule has 1 aliphatic rings. The van der Waals surface area contributed by atoms with Crippen LogP contribution < -0.4 is 10.6 Å². The Morgan fingerprint density at radius 3 is 2.50 bits per heavy atom. The minimum absolute atomic E-state index is 0.292. The number of carbonyl (C=O) groups is 2. The van der Waals surface area contributed by atoms with E-state index in [2.05, 4.69) is 17.6 Å². The van der Waals surface area contributed by atoms with E-state index < -0.39 is 5.54 Å². The van der Waals surface area contributed by atoms with Gasteiger partial charge in [0.25, 0.3) is 0 Å². The molecular formula is C10H17N2O2-. The van der Waals surface area contributed by atoms with Crippen molar-refractivity contribution in [1.29, 1.82) is 0 Å². The van der Waals surface area contributed by atoms with Gasteiger partial charge in [-0.05, 0) is 12.8 Å². The first kappa shape index (κ1) is 11.0. The Labute approximate surface area is 84.4 Å². The Bertz CT molecular complexity index is 220. The zero-order valence-electron chi connectivity index (χ0n) is 8.51. The van der Waals surface area contributed by atoms with Gasteiger partial charge >= 0.3 is 6.03 Å². The SMILES string of the molecule is [CH2-]C1CCC(C=O)(NC(=O)NC)CC1. The lowest BCUT2D eigenvalue weighted by Gasteiger charge is -2.37. The van der Waals surface area contributed by atoms with Crippen LogP contribution in [-0.2, 0) is 4.79 Å². The van der Waals surface area contributed by atoms with E-state index in [0.29, 0.717) is 18.8 Å². The van der Waals surface area contributed by atoms with Crippen LogP contribution in [0.3, 0.4) is 0 Å². The number of hydrogen-bond donors (Lipinski definition) is 2. The number of urea groups is 1. The predicted molar refractivity (Wildman–Crippen MR) is 53.7 cm³/mol. The molecule has 0 saturated heterocycles. The molecule has 1 aliphatic carbocycles. The lowest BCUT2D eigenvalue weighted by atomic mass is 9.78. The van der Waals surface area contributed by atoms with Gasteiger partial charge in [-0.25, -0.2) is 4.79 Å². The standard InChI is InChI=1S/C10H17N2O2/c1-8-3-5-10(7-13,6-4-8)12-9(14)11-2/h7-8H,1,3-6H2,2H3,(H2,11,12,14)/q-1. The molecule has 1 rings (SSSR count). The van der Waals surface area contributed by atoms with Crippen molar-refractivity contribution in [2.75, 3.05) is 7.05 Å². The summed E-state index contributed by atoms with van der Waals surface area (Å²) in [5.74, 6) is 0.412. The highest BCUT2D eigenvalue weighted by atomic mass is 16.2. The fourth-order valence-electron chi connectivity index (χ4n) is 1.75. The molecule has 0 aromatic rings. The van der Waals surface area contributed by atoms with Gasteiger partial charge in [0.1, 0.15) is 6.29 Å². The molecule has 0 aromatic heterocycles. The molecule has 0 bridgehead atoms. The molecule has 2 N–H and O–H groups in total. The van der Waals surface area contributed by atoms with Gasteiger partial charge in [0, 0.05) is 7.05 Å². The van der Waals surface area contributed by atoms with Gasteiger partial charge in [-0.15, -0.1) is 0 Å². The van der Waals surface area contributed by atoms with Gasteiger partial charge in [-0.3, -0.25) is 0 Å². The van der Waals surface area contributed by atoms with E-state index in [0.717, 1.165) is 19.1 Å². The third-order valence-corrected chi connectivity index (χ3v) is 2.81. The fourth-order valence-corrected chi connectivity index (χ4v) is 1.75. The largest absolute Gasteiger partial charge is 0.341 e. The number of carbonyl (C=O) groups excluding carboxylic acids is 2. The molecule has 0 radical (unpaired) electrons. The zero-order valence-corrected chi connectivity index (χ0v) is 8.51. The lowest BCUT2D eigenvalue weighted by molar-refractivity contribution is -0.114. The molecule has 4 heteroatoms. The van der Waals surface area contributed by atoms with Crippen molar-refractivity contribution in [3.8, 4) is 0 Å². The van der Waals surface area contributed by atoms with E-state index in [1.165, 1.54) is 0 Å². The molecule has 0 aliphatic heterocycles. The van der Waals surface area contributed by atoms with E-state index in [-0.39, 0.29) is 6.03 Å². The van der Waals surface area contributed by atoms with Gasteiger partial charge in [0.15, 0.2) is 0 Å². The minimum Gasteiger partial charge on any atom is -0.341 e. The first-order valence-corrected chi connectivity index (χ1v) is 4.91. The normalized spacial score (nSPS) is 32.0. The predicted octanol–water partition coefficient (Wildman–Crippen LogP) is 0.877. The summed E-state index contributed by atoms with van der Waals surface area (Å²) in [5, 5.41) is 5.16. The summed E-state index contributed by atoms with van der Waals surface area (Å²) in [7, 11) is 1.54. The molecule has 4 nitrogen and oxygen atoms in total. The molecular weight excluding hydrogens is 180 g/mol. The molecule has 1 saturated carbocycles. The second-order valence-electron chi connectivity index (χ2n) is 3.92. The lowest BCUT2D eigenvalue weighted by Crippen LogP contribution is -2.54. The van der Waals surface area contributed by atoms with Crippen LogP contribution in [0.25, 0.3) is 0 Å². The van der Waals surface area contributed by atoms with Crippen LogP contribution in [0.4, 0.5) is 4.79 Å². The quantitative estimate of drug-likeness (QED) is 0.510. The maximum absolute atomic E-state index is 11.1. The van der Waals surface area contributed by atoms with Crippen LogP contribution in [-0.4, -0.2) is 24.9 Å². The first-order chi connectivity index (χ1) is 6.62. The maximum atomic E-state index is 11.1. The average molecular weight is 197 g/mol. The third-order valence-electron chi connectivity index (χ3n) is 2.81. The summed E-state index contributed by atoms with van der Waals surface area (Å²) in [4.78, 5) is 22.1. The molecule has 0 spiro atoms. The highest BCUT2D eigenvalue weighted by Crippen LogP contribution is 2.30. The van der Waals surface area contributed by atoms with E-state index in [1.54, 1.807) is 7.05 Å².